The van der Waals surface area contributed by atoms with Crippen molar-refractivity contribution >= 4 is 23.1 Å². The molecule has 0 saturated carbocycles. The number of anilines is 3. The molecule has 0 unspecified atom stereocenters. The van der Waals surface area contributed by atoms with Crippen LogP contribution in [0.1, 0.15) is 22.8 Å². The molecule has 0 bridgehead atoms. The van der Waals surface area contributed by atoms with E-state index in [4.69, 9.17) is 11.5 Å². The lowest BCUT2D eigenvalue weighted by Gasteiger charge is -2.10. The summed E-state index contributed by atoms with van der Waals surface area (Å²) in [5.41, 5.74) is 13.7. The van der Waals surface area contributed by atoms with E-state index in [1.807, 2.05) is 24.3 Å². The van der Waals surface area contributed by atoms with E-state index < -0.39 is 5.91 Å². The molecular formula is C14H16N4O. The van der Waals surface area contributed by atoms with Crippen LogP contribution in [0.2, 0.25) is 0 Å². The zero-order valence-corrected chi connectivity index (χ0v) is 10.7. The third kappa shape index (κ3) is 3.01. The second kappa shape index (κ2) is 5.39. The molecule has 0 aliphatic heterocycles. The molecule has 5 heteroatoms. The average molecular weight is 256 g/mol. The van der Waals surface area contributed by atoms with Crippen molar-refractivity contribution in [1.82, 2.24) is 4.98 Å². The molecule has 0 spiro atoms. The summed E-state index contributed by atoms with van der Waals surface area (Å²) < 4.78 is 0. The quantitative estimate of drug-likeness (QED) is 0.780. The molecule has 5 nitrogen and oxygen atoms in total. The predicted molar refractivity (Wildman–Crippen MR) is 76.3 cm³/mol. The molecule has 0 atom stereocenters. The fourth-order valence-electron chi connectivity index (χ4n) is 1.77. The molecule has 0 fully saturated rings. The van der Waals surface area contributed by atoms with Crippen LogP contribution in [0.5, 0.6) is 0 Å². The number of primary amides is 1. The standard InChI is InChI=1S/C14H16N4O/c1-2-9-4-3-5-11(6-9)18-14-12(13(16)19)7-10(15)8-17-14/h3-8H,2,15H2,1H3,(H2,16,19)(H,17,18). The Kier molecular flexibility index (Phi) is 3.66. The van der Waals surface area contributed by atoms with Crippen molar-refractivity contribution in [3.8, 4) is 0 Å². The maximum absolute atomic E-state index is 11.4. The Morgan fingerprint density at radius 3 is 2.84 bits per heavy atom. The number of pyridine rings is 1. The van der Waals surface area contributed by atoms with Gasteiger partial charge >= 0.3 is 0 Å². The third-order valence-electron chi connectivity index (χ3n) is 2.77. The highest BCUT2D eigenvalue weighted by molar-refractivity contribution is 5.99. The van der Waals surface area contributed by atoms with E-state index in [-0.39, 0.29) is 5.56 Å². The number of rotatable bonds is 4. The molecule has 0 aliphatic carbocycles. The van der Waals surface area contributed by atoms with E-state index in [9.17, 15) is 4.79 Å². The van der Waals surface area contributed by atoms with Crippen molar-refractivity contribution in [2.24, 2.45) is 5.73 Å². The second-order valence-corrected chi connectivity index (χ2v) is 4.21. The minimum atomic E-state index is -0.561. The van der Waals surface area contributed by atoms with Gasteiger partial charge in [-0.1, -0.05) is 19.1 Å². The van der Waals surface area contributed by atoms with Gasteiger partial charge in [0.1, 0.15) is 5.82 Å². The highest BCUT2D eigenvalue weighted by Crippen LogP contribution is 2.21. The molecule has 0 aliphatic rings. The Morgan fingerprint density at radius 1 is 1.37 bits per heavy atom. The van der Waals surface area contributed by atoms with Gasteiger partial charge in [-0.15, -0.1) is 0 Å². The van der Waals surface area contributed by atoms with Crippen LogP contribution in [0.4, 0.5) is 17.2 Å². The van der Waals surface area contributed by atoms with Crippen molar-refractivity contribution in [3.05, 3.63) is 47.7 Å². The van der Waals surface area contributed by atoms with Crippen LogP contribution in [0.25, 0.3) is 0 Å². The summed E-state index contributed by atoms with van der Waals surface area (Å²) in [4.78, 5) is 15.5. The molecule has 0 radical (unpaired) electrons. The van der Waals surface area contributed by atoms with Gasteiger partial charge < -0.3 is 16.8 Å². The topological polar surface area (TPSA) is 94.0 Å². The van der Waals surface area contributed by atoms with Crippen LogP contribution in [0, 0.1) is 0 Å². The number of nitrogens with zero attached hydrogens (tertiary/aromatic N) is 1. The van der Waals surface area contributed by atoms with Crippen molar-refractivity contribution in [2.45, 2.75) is 13.3 Å². The molecule has 1 aromatic carbocycles. The number of carbonyl (C=O) groups is 1. The Bertz CT molecular complexity index is 610. The summed E-state index contributed by atoms with van der Waals surface area (Å²) in [6.45, 7) is 2.08. The number of hydrogen-bond acceptors (Lipinski definition) is 4. The minimum Gasteiger partial charge on any atom is -0.397 e. The summed E-state index contributed by atoms with van der Waals surface area (Å²) in [5.74, 6) is -0.149. The van der Waals surface area contributed by atoms with Crippen molar-refractivity contribution in [2.75, 3.05) is 11.1 Å². The van der Waals surface area contributed by atoms with E-state index in [0.29, 0.717) is 11.5 Å². The van der Waals surface area contributed by atoms with E-state index in [1.165, 1.54) is 17.8 Å². The zero-order chi connectivity index (χ0) is 13.8. The van der Waals surface area contributed by atoms with Crippen molar-refractivity contribution in [1.29, 1.82) is 0 Å². The van der Waals surface area contributed by atoms with Crippen LogP contribution in [-0.2, 0) is 6.42 Å². The van der Waals surface area contributed by atoms with Crippen LogP contribution in [0.3, 0.4) is 0 Å². The van der Waals surface area contributed by atoms with E-state index in [1.54, 1.807) is 0 Å². The molecule has 1 aromatic heterocycles. The number of hydrogen-bond donors (Lipinski definition) is 3. The predicted octanol–water partition coefficient (Wildman–Crippen LogP) is 2.07. The summed E-state index contributed by atoms with van der Waals surface area (Å²) in [6, 6.07) is 9.41. The van der Waals surface area contributed by atoms with Crippen LogP contribution in [-0.4, -0.2) is 10.9 Å². The van der Waals surface area contributed by atoms with Gasteiger partial charge in [-0.3, -0.25) is 4.79 Å². The lowest BCUT2D eigenvalue weighted by molar-refractivity contribution is 0.100. The maximum Gasteiger partial charge on any atom is 0.252 e. The van der Waals surface area contributed by atoms with Gasteiger partial charge in [-0.2, -0.15) is 0 Å². The van der Waals surface area contributed by atoms with Crippen LogP contribution < -0.4 is 16.8 Å². The van der Waals surface area contributed by atoms with Gasteiger partial charge in [0.15, 0.2) is 0 Å². The molecule has 19 heavy (non-hydrogen) atoms. The summed E-state index contributed by atoms with van der Waals surface area (Å²) >= 11 is 0. The van der Waals surface area contributed by atoms with Gasteiger partial charge in [0, 0.05) is 5.69 Å². The van der Waals surface area contributed by atoms with Gasteiger partial charge in [0.25, 0.3) is 5.91 Å². The van der Waals surface area contributed by atoms with Gasteiger partial charge in [-0.05, 0) is 30.2 Å². The largest absolute Gasteiger partial charge is 0.397 e. The maximum atomic E-state index is 11.4. The monoisotopic (exact) mass is 256 g/mol. The summed E-state index contributed by atoms with van der Waals surface area (Å²) in [7, 11) is 0. The number of nitrogen functional groups attached to an aromatic ring is 1. The van der Waals surface area contributed by atoms with E-state index in [0.717, 1.165) is 12.1 Å². The number of carbonyl (C=O) groups excluding carboxylic acids is 1. The first-order valence-electron chi connectivity index (χ1n) is 6.01. The van der Waals surface area contributed by atoms with Crippen molar-refractivity contribution < 1.29 is 4.79 Å². The van der Waals surface area contributed by atoms with Gasteiger partial charge in [-0.25, -0.2) is 4.98 Å². The normalized spacial score (nSPS) is 10.2. The Morgan fingerprint density at radius 2 is 2.16 bits per heavy atom. The van der Waals surface area contributed by atoms with E-state index >= 15 is 0 Å². The third-order valence-corrected chi connectivity index (χ3v) is 2.77. The number of aromatic nitrogens is 1. The first kappa shape index (κ1) is 12.9. The zero-order valence-electron chi connectivity index (χ0n) is 10.7. The fraction of sp³-hybridized carbons (Fsp3) is 0.143. The number of benzene rings is 1. The van der Waals surface area contributed by atoms with Crippen LogP contribution >= 0.6 is 0 Å². The lowest BCUT2D eigenvalue weighted by atomic mass is 10.1. The van der Waals surface area contributed by atoms with Crippen molar-refractivity contribution in [3.63, 3.8) is 0 Å². The molecule has 0 saturated heterocycles. The number of nitrogens with one attached hydrogen (secondary N) is 1. The summed E-state index contributed by atoms with van der Waals surface area (Å²) in [5, 5.41) is 3.09. The minimum absolute atomic E-state index is 0.280. The van der Waals surface area contributed by atoms with Gasteiger partial charge in [0.2, 0.25) is 0 Å². The molecule has 5 N–H and O–H groups in total. The molecule has 98 valence electrons. The van der Waals surface area contributed by atoms with E-state index in [2.05, 4.69) is 17.2 Å². The second-order valence-electron chi connectivity index (χ2n) is 4.21. The first-order valence-corrected chi connectivity index (χ1v) is 6.01. The fourth-order valence-corrected chi connectivity index (χ4v) is 1.77. The first-order chi connectivity index (χ1) is 9.10. The van der Waals surface area contributed by atoms with Crippen LogP contribution in [0.15, 0.2) is 36.5 Å². The Hall–Kier alpha value is -2.56. The Labute approximate surface area is 111 Å². The molecule has 1 amide bonds. The molecule has 2 rings (SSSR count). The summed E-state index contributed by atoms with van der Waals surface area (Å²) in [6.07, 6.45) is 2.42. The highest BCUT2D eigenvalue weighted by atomic mass is 16.1. The van der Waals surface area contributed by atoms with Gasteiger partial charge in [0.05, 0.1) is 17.4 Å². The lowest BCUT2D eigenvalue weighted by Crippen LogP contribution is -2.14. The molecule has 2 aromatic rings. The smallest absolute Gasteiger partial charge is 0.252 e. The SMILES string of the molecule is CCc1cccc(Nc2ncc(N)cc2C(N)=O)c1. The Balaban J connectivity index is 2.34. The number of amides is 1. The molecule has 1 heterocycles. The number of nitrogens with two attached hydrogens (primary N) is 2. The highest BCUT2D eigenvalue weighted by Gasteiger charge is 2.10. The molecular weight excluding hydrogens is 240 g/mol. The number of aryl methyl sites for hydroxylation is 1. The average Bonchev–Trinajstić information content (AvgIpc) is 2.41.